The fourth-order valence-electron chi connectivity index (χ4n) is 3.36. The van der Waals surface area contributed by atoms with Crippen LogP contribution in [0.3, 0.4) is 0 Å². The summed E-state index contributed by atoms with van der Waals surface area (Å²) in [7, 11) is 0. The molecule has 0 radical (unpaired) electrons. The number of fused-ring (bicyclic) bond motifs is 1. The van der Waals surface area contributed by atoms with E-state index in [4.69, 9.17) is 0 Å². The zero-order chi connectivity index (χ0) is 18.8. The van der Waals surface area contributed by atoms with Gasteiger partial charge >= 0.3 is 0 Å². The summed E-state index contributed by atoms with van der Waals surface area (Å²) in [5.74, 6) is -0.244. The summed E-state index contributed by atoms with van der Waals surface area (Å²) in [6.45, 7) is 5.48. The maximum Gasteiger partial charge on any atom is 0.270 e. The Morgan fingerprint density at radius 2 is 1.81 bits per heavy atom. The molecule has 4 rings (SSSR count). The summed E-state index contributed by atoms with van der Waals surface area (Å²) in [5, 5.41) is 0. The molecule has 7 heteroatoms. The van der Waals surface area contributed by atoms with Crippen LogP contribution in [-0.4, -0.2) is 56.3 Å². The number of piperazine rings is 1. The standard InChI is InChI=1S/C20H21N5O2/c1-15-2-3-18-22-12-17(20(27)25(18)13-15)19(26)24-10-8-23(9-11-24)14-16-4-6-21-7-5-16/h2-7,12-13H,8-11,14H2,1H3. The van der Waals surface area contributed by atoms with Gasteiger partial charge in [0.15, 0.2) is 0 Å². The highest BCUT2D eigenvalue weighted by Crippen LogP contribution is 2.10. The maximum atomic E-state index is 12.9. The van der Waals surface area contributed by atoms with Crippen molar-refractivity contribution in [2.45, 2.75) is 13.5 Å². The van der Waals surface area contributed by atoms with Crippen molar-refractivity contribution in [3.63, 3.8) is 0 Å². The molecule has 0 aromatic carbocycles. The molecule has 1 saturated heterocycles. The van der Waals surface area contributed by atoms with Crippen LogP contribution in [0.15, 0.2) is 53.8 Å². The highest BCUT2D eigenvalue weighted by Gasteiger charge is 2.24. The van der Waals surface area contributed by atoms with E-state index in [1.54, 1.807) is 29.6 Å². The topological polar surface area (TPSA) is 70.8 Å². The Morgan fingerprint density at radius 1 is 1.07 bits per heavy atom. The minimum Gasteiger partial charge on any atom is -0.336 e. The number of carbonyl (C=O) groups is 1. The molecule has 0 N–H and O–H groups in total. The molecule has 0 saturated carbocycles. The number of pyridine rings is 2. The Balaban J connectivity index is 1.47. The summed E-state index contributed by atoms with van der Waals surface area (Å²) in [4.78, 5) is 37.9. The summed E-state index contributed by atoms with van der Waals surface area (Å²) in [6.07, 6.45) is 6.70. The van der Waals surface area contributed by atoms with Gasteiger partial charge in [-0.05, 0) is 36.2 Å². The zero-order valence-electron chi connectivity index (χ0n) is 15.2. The first-order chi connectivity index (χ1) is 13.1. The SMILES string of the molecule is Cc1ccc2ncc(C(=O)N3CCN(Cc4ccncc4)CC3)c(=O)n2c1. The van der Waals surface area contributed by atoms with E-state index in [0.29, 0.717) is 18.7 Å². The molecule has 138 valence electrons. The van der Waals surface area contributed by atoms with Crippen LogP contribution >= 0.6 is 0 Å². The Morgan fingerprint density at radius 3 is 2.56 bits per heavy atom. The van der Waals surface area contributed by atoms with Gasteiger partial charge in [0.1, 0.15) is 11.2 Å². The molecule has 1 aliphatic heterocycles. The van der Waals surface area contributed by atoms with Gasteiger partial charge in [0, 0.05) is 57.5 Å². The van der Waals surface area contributed by atoms with Crippen molar-refractivity contribution in [3.8, 4) is 0 Å². The smallest absolute Gasteiger partial charge is 0.270 e. The fourth-order valence-corrected chi connectivity index (χ4v) is 3.36. The van der Waals surface area contributed by atoms with Gasteiger partial charge in [-0.2, -0.15) is 0 Å². The van der Waals surface area contributed by atoms with Gasteiger partial charge in [0.05, 0.1) is 0 Å². The van der Waals surface area contributed by atoms with E-state index in [1.165, 1.54) is 16.2 Å². The van der Waals surface area contributed by atoms with Crippen molar-refractivity contribution in [3.05, 3.63) is 76.1 Å². The first-order valence-electron chi connectivity index (χ1n) is 9.00. The molecule has 0 atom stereocenters. The van der Waals surface area contributed by atoms with Crippen LogP contribution in [0.25, 0.3) is 5.65 Å². The second-order valence-electron chi connectivity index (χ2n) is 6.84. The molecule has 0 aliphatic carbocycles. The summed E-state index contributed by atoms with van der Waals surface area (Å²) in [6, 6.07) is 7.68. The number of aryl methyl sites for hydroxylation is 1. The lowest BCUT2D eigenvalue weighted by Gasteiger charge is -2.34. The lowest BCUT2D eigenvalue weighted by Crippen LogP contribution is -2.49. The third-order valence-corrected chi connectivity index (χ3v) is 4.90. The number of amides is 1. The van der Waals surface area contributed by atoms with Crippen molar-refractivity contribution < 1.29 is 4.79 Å². The number of aromatic nitrogens is 3. The van der Waals surface area contributed by atoms with Gasteiger partial charge in [-0.3, -0.25) is 23.9 Å². The summed E-state index contributed by atoms with van der Waals surface area (Å²) < 4.78 is 1.45. The largest absolute Gasteiger partial charge is 0.336 e. The lowest BCUT2D eigenvalue weighted by atomic mass is 10.2. The average molecular weight is 363 g/mol. The van der Waals surface area contributed by atoms with E-state index in [0.717, 1.165) is 25.2 Å². The normalized spacial score (nSPS) is 15.2. The molecule has 7 nitrogen and oxygen atoms in total. The van der Waals surface area contributed by atoms with E-state index in [1.807, 2.05) is 25.1 Å². The highest BCUT2D eigenvalue weighted by atomic mass is 16.2. The number of nitrogens with zero attached hydrogens (tertiary/aromatic N) is 5. The molecule has 3 aromatic heterocycles. The molecule has 1 aliphatic rings. The first-order valence-corrected chi connectivity index (χ1v) is 9.00. The van der Waals surface area contributed by atoms with E-state index < -0.39 is 0 Å². The molecule has 3 aromatic rings. The van der Waals surface area contributed by atoms with E-state index in [9.17, 15) is 9.59 Å². The summed E-state index contributed by atoms with van der Waals surface area (Å²) >= 11 is 0. The van der Waals surface area contributed by atoms with Crippen LogP contribution in [-0.2, 0) is 6.54 Å². The molecule has 4 heterocycles. The Hall–Kier alpha value is -3.06. The van der Waals surface area contributed by atoms with Gasteiger partial charge in [-0.15, -0.1) is 0 Å². The quantitative estimate of drug-likeness (QED) is 0.703. The van der Waals surface area contributed by atoms with Crippen LogP contribution in [0.4, 0.5) is 0 Å². The van der Waals surface area contributed by atoms with Crippen molar-refractivity contribution in [2.75, 3.05) is 26.2 Å². The Labute approximate surface area is 156 Å². The molecule has 27 heavy (non-hydrogen) atoms. The van der Waals surface area contributed by atoms with Gasteiger partial charge in [-0.25, -0.2) is 4.98 Å². The number of carbonyl (C=O) groups excluding carboxylic acids is 1. The molecule has 1 fully saturated rings. The van der Waals surface area contributed by atoms with Crippen LogP contribution in [0.2, 0.25) is 0 Å². The van der Waals surface area contributed by atoms with E-state index in [-0.39, 0.29) is 17.0 Å². The molecular weight excluding hydrogens is 342 g/mol. The Bertz CT molecular complexity index is 1020. The van der Waals surface area contributed by atoms with E-state index in [2.05, 4.69) is 14.9 Å². The van der Waals surface area contributed by atoms with Crippen LogP contribution in [0.1, 0.15) is 21.5 Å². The summed E-state index contributed by atoms with van der Waals surface area (Å²) in [5.41, 5.74) is 2.51. The maximum absolute atomic E-state index is 12.9. The highest BCUT2D eigenvalue weighted by molar-refractivity contribution is 5.93. The van der Waals surface area contributed by atoms with Gasteiger partial charge < -0.3 is 4.90 Å². The molecule has 0 bridgehead atoms. The van der Waals surface area contributed by atoms with Crippen molar-refractivity contribution in [1.82, 2.24) is 24.2 Å². The number of rotatable bonds is 3. The van der Waals surface area contributed by atoms with Crippen molar-refractivity contribution in [2.24, 2.45) is 0 Å². The van der Waals surface area contributed by atoms with Crippen molar-refractivity contribution in [1.29, 1.82) is 0 Å². The molecule has 0 spiro atoms. The third-order valence-electron chi connectivity index (χ3n) is 4.90. The second kappa shape index (κ2) is 7.28. The van der Waals surface area contributed by atoms with Crippen LogP contribution < -0.4 is 5.56 Å². The fraction of sp³-hybridized carbons (Fsp3) is 0.300. The predicted octanol–water partition coefficient (Wildman–Crippen LogP) is 1.36. The average Bonchev–Trinajstić information content (AvgIpc) is 2.70. The minimum atomic E-state index is -0.312. The molecular formula is C20H21N5O2. The lowest BCUT2D eigenvalue weighted by molar-refractivity contribution is 0.0626. The van der Waals surface area contributed by atoms with Crippen LogP contribution in [0.5, 0.6) is 0 Å². The van der Waals surface area contributed by atoms with Crippen LogP contribution in [0, 0.1) is 6.92 Å². The number of hydrogen-bond donors (Lipinski definition) is 0. The van der Waals surface area contributed by atoms with Gasteiger partial charge in [0.2, 0.25) is 0 Å². The number of hydrogen-bond acceptors (Lipinski definition) is 5. The van der Waals surface area contributed by atoms with E-state index >= 15 is 0 Å². The second-order valence-corrected chi connectivity index (χ2v) is 6.84. The first kappa shape index (κ1) is 17.4. The third kappa shape index (κ3) is 3.59. The molecule has 1 amide bonds. The molecule has 0 unspecified atom stereocenters. The van der Waals surface area contributed by atoms with Gasteiger partial charge in [0.25, 0.3) is 11.5 Å². The van der Waals surface area contributed by atoms with Gasteiger partial charge in [-0.1, -0.05) is 6.07 Å². The predicted molar refractivity (Wildman–Crippen MR) is 102 cm³/mol. The zero-order valence-corrected chi connectivity index (χ0v) is 15.2. The minimum absolute atomic E-state index is 0.126. The Kier molecular flexibility index (Phi) is 4.68. The monoisotopic (exact) mass is 363 g/mol. The van der Waals surface area contributed by atoms with Crippen molar-refractivity contribution >= 4 is 11.6 Å².